The van der Waals surface area contributed by atoms with Crippen LogP contribution in [0.15, 0.2) is 10.2 Å². The second kappa shape index (κ2) is 6.76. The van der Waals surface area contributed by atoms with Crippen molar-refractivity contribution in [3.63, 3.8) is 0 Å². The van der Waals surface area contributed by atoms with Crippen LogP contribution in [0.4, 0.5) is 8.78 Å². The van der Waals surface area contributed by atoms with Crippen molar-refractivity contribution in [2.75, 3.05) is 13.2 Å². The van der Waals surface area contributed by atoms with Gasteiger partial charge in [0.25, 0.3) is 5.92 Å². The Hall–Kier alpha value is -1.28. The third kappa shape index (κ3) is 5.07. The zero-order valence-corrected chi connectivity index (χ0v) is 11.3. The Morgan fingerprint density at radius 3 is 2.79 bits per heavy atom. The molecule has 0 saturated heterocycles. The highest BCUT2D eigenvalue weighted by atomic mass is 32.1. The Bertz CT molecular complexity index is 485. The number of aromatic nitrogens is 1. The van der Waals surface area contributed by atoms with Gasteiger partial charge in [0, 0.05) is 24.0 Å². The Labute approximate surface area is 112 Å². The number of rotatable bonds is 7. The van der Waals surface area contributed by atoms with Gasteiger partial charge in [0.15, 0.2) is 0 Å². The Balaban J connectivity index is 2.30. The van der Waals surface area contributed by atoms with Gasteiger partial charge < -0.3 is 15.0 Å². The molecule has 0 spiro atoms. The topological polar surface area (TPSA) is 71.3 Å². The summed E-state index contributed by atoms with van der Waals surface area (Å²) in [5.41, 5.74) is 0.822. The molecule has 1 aromatic rings. The SMILES string of the molecule is Cc1csc(=O)n1CCCC(=O)NCC(F)(F)CO. The van der Waals surface area contributed by atoms with Crippen LogP contribution in [0.1, 0.15) is 18.5 Å². The van der Waals surface area contributed by atoms with Crippen molar-refractivity contribution < 1.29 is 18.7 Å². The van der Waals surface area contributed by atoms with E-state index in [1.54, 1.807) is 16.9 Å². The van der Waals surface area contributed by atoms with Gasteiger partial charge in [-0.05, 0) is 13.3 Å². The maximum atomic E-state index is 12.7. The van der Waals surface area contributed by atoms with Crippen molar-refractivity contribution in [2.45, 2.75) is 32.2 Å². The molecule has 0 aliphatic rings. The maximum Gasteiger partial charge on any atom is 0.307 e. The summed E-state index contributed by atoms with van der Waals surface area (Å²) in [7, 11) is 0. The zero-order valence-electron chi connectivity index (χ0n) is 10.5. The minimum absolute atomic E-state index is 0.0588. The molecule has 1 rings (SSSR count). The Morgan fingerprint density at radius 2 is 2.26 bits per heavy atom. The molecule has 108 valence electrons. The smallest absolute Gasteiger partial charge is 0.307 e. The fourth-order valence-electron chi connectivity index (χ4n) is 1.44. The van der Waals surface area contributed by atoms with Crippen LogP contribution in [0.2, 0.25) is 0 Å². The molecule has 5 nitrogen and oxygen atoms in total. The molecule has 0 aliphatic carbocycles. The average Bonchev–Trinajstić information content (AvgIpc) is 2.68. The maximum absolute atomic E-state index is 12.7. The first-order valence-corrected chi connectivity index (χ1v) is 6.64. The lowest BCUT2D eigenvalue weighted by Gasteiger charge is -2.13. The first kappa shape index (κ1) is 15.8. The van der Waals surface area contributed by atoms with Crippen LogP contribution in [0, 0.1) is 6.92 Å². The van der Waals surface area contributed by atoms with E-state index in [1.807, 2.05) is 5.32 Å². The molecule has 0 saturated carbocycles. The van der Waals surface area contributed by atoms with Gasteiger partial charge in [-0.15, -0.1) is 0 Å². The average molecular weight is 294 g/mol. The van der Waals surface area contributed by atoms with E-state index in [1.165, 1.54) is 0 Å². The normalized spacial score (nSPS) is 11.6. The number of aliphatic hydroxyl groups excluding tert-OH is 1. The molecule has 0 bridgehead atoms. The van der Waals surface area contributed by atoms with Crippen LogP contribution in [0.25, 0.3) is 0 Å². The van der Waals surface area contributed by atoms with E-state index in [4.69, 9.17) is 5.11 Å². The van der Waals surface area contributed by atoms with Crippen LogP contribution >= 0.6 is 11.3 Å². The number of halogens is 2. The summed E-state index contributed by atoms with van der Waals surface area (Å²) in [6, 6.07) is 0. The highest BCUT2D eigenvalue weighted by molar-refractivity contribution is 7.07. The molecule has 0 atom stereocenters. The predicted molar refractivity (Wildman–Crippen MR) is 67.6 cm³/mol. The second-order valence-electron chi connectivity index (χ2n) is 4.19. The number of aliphatic hydroxyl groups is 1. The van der Waals surface area contributed by atoms with E-state index in [-0.39, 0.29) is 11.3 Å². The Morgan fingerprint density at radius 1 is 1.58 bits per heavy atom. The third-order valence-corrected chi connectivity index (χ3v) is 3.42. The molecule has 19 heavy (non-hydrogen) atoms. The quantitative estimate of drug-likeness (QED) is 0.779. The molecule has 8 heteroatoms. The van der Waals surface area contributed by atoms with Gasteiger partial charge in [0.2, 0.25) is 5.91 Å². The molecule has 0 aliphatic heterocycles. The van der Waals surface area contributed by atoms with Crippen molar-refractivity contribution in [1.82, 2.24) is 9.88 Å². The van der Waals surface area contributed by atoms with Gasteiger partial charge in [-0.25, -0.2) is 8.78 Å². The van der Waals surface area contributed by atoms with Crippen molar-refractivity contribution >= 4 is 17.2 Å². The van der Waals surface area contributed by atoms with Crippen molar-refractivity contribution in [3.05, 3.63) is 20.7 Å². The predicted octanol–water partition coefficient (Wildman–Crippen LogP) is 0.742. The summed E-state index contributed by atoms with van der Waals surface area (Å²) in [5.74, 6) is -3.81. The number of carbonyl (C=O) groups is 1. The van der Waals surface area contributed by atoms with Crippen LogP contribution in [0.5, 0.6) is 0 Å². The number of aryl methyl sites for hydroxylation is 1. The lowest BCUT2D eigenvalue weighted by Crippen LogP contribution is -2.39. The van der Waals surface area contributed by atoms with E-state index >= 15 is 0 Å². The van der Waals surface area contributed by atoms with Gasteiger partial charge in [0.05, 0.1) is 6.54 Å². The number of alkyl halides is 2. The summed E-state index contributed by atoms with van der Waals surface area (Å²) < 4.78 is 26.9. The summed E-state index contributed by atoms with van der Waals surface area (Å²) in [6.45, 7) is 0.00822. The summed E-state index contributed by atoms with van der Waals surface area (Å²) in [6.07, 6.45) is 0.456. The van der Waals surface area contributed by atoms with Crippen molar-refractivity contribution in [2.24, 2.45) is 0 Å². The first-order chi connectivity index (χ1) is 8.85. The number of hydrogen-bond acceptors (Lipinski definition) is 4. The molecule has 1 heterocycles. The number of amides is 1. The van der Waals surface area contributed by atoms with E-state index in [0.717, 1.165) is 17.0 Å². The second-order valence-corrected chi connectivity index (χ2v) is 5.01. The van der Waals surface area contributed by atoms with Gasteiger partial charge in [-0.1, -0.05) is 11.3 Å². The summed E-state index contributed by atoms with van der Waals surface area (Å²) in [5, 5.41) is 12.1. The van der Waals surface area contributed by atoms with Crippen molar-refractivity contribution in [3.8, 4) is 0 Å². The summed E-state index contributed by atoms with van der Waals surface area (Å²) in [4.78, 5) is 22.6. The molecule has 0 unspecified atom stereocenters. The molecule has 0 aromatic carbocycles. The van der Waals surface area contributed by atoms with Crippen LogP contribution in [-0.2, 0) is 11.3 Å². The molecular formula is C11H16F2N2O3S. The fourth-order valence-corrected chi connectivity index (χ4v) is 2.21. The molecular weight excluding hydrogens is 278 g/mol. The zero-order chi connectivity index (χ0) is 14.5. The van der Waals surface area contributed by atoms with E-state index in [9.17, 15) is 18.4 Å². The monoisotopic (exact) mass is 294 g/mol. The number of nitrogens with one attached hydrogen (secondary N) is 1. The minimum atomic E-state index is -3.30. The number of thiazole rings is 1. The lowest BCUT2D eigenvalue weighted by atomic mass is 10.2. The highest BCUT2D eigenvalue weighted by Crippen LogP contribution is 2.10. The first-order valence-electron chi connectivity index (χ1n) is 5.76. The standard InChI is InChI=1S/C11H16F2N2O3S/c1-8-5-19-10(18)15(8)4-2-3-9(17)14-6-11(12,13)7-16/h5,16H,2-4,6-7H2,1H3,(H,14,17). The van der Waals surface area contributed by atoms with Crippen LogP contribution < -0.4 is 10.2 Å². The van der Waals surface area contributed by atoms with E-state index < -0.39 is 25.0 Å². The van der Waals surface area contributed by atoms with Crippen molar-refractivity contribution in [1.29, 1.82) is 0 Å². The number of carbonyl (C=O) groups excluding carboxylic acids is 1. The lowest BCUT2D eigenvalue weighted by molar-refractivity contribution is -0.124. The third-order valence-electron chi connectivity index (χ3n) is 2.54. The largest absolute Gasteiger partial charge is 0.390 e. The minimum Gasteiger partial charge on any atom is -0.390 e. The molecule has 1 aromatic heterocycles. The molecule has 0 radical (unpaired) electrons. The van der Waals surface area contributed by atoms with Crippen LogP contribution in [-0.4, -0.2) is 34.7 Å². The van der Waals surface area contributed by atoms with E-state index in [2.05, 4.69) is 0 Å². The fraction of sp³-hybridized carbons (Fsp3) is 0.636. The summed E-state index contributed by atoms with van der Waals surface area (Å²) >= 11 is 1.09. The van der Waals surface area contributed by atoms with E-state index in [0.29, 0.717) is 13.0 Å². The Kier molecular flexibility index (Phi) is 5.61. The van der Waals surface area contributed by atoms with Crippen LogP contribution in [0.3, 0.4) is 0 Å². The van der Waals surface area contributed by atoms with Gasteiger partial charge in [-0.3, -0.25) is 9.59 Å². The van der Waals surface area contributed by atoms with Gasteiger partial charge in [0.1, 0.15) is 6.61 Å². The number of nitrogens with zero attached hydrogens (tertiary/aromatic N) is 1. The van der Waals surface area contributed by atoms with Gasteiger partial charge in [-0.2, -0.15) is 0 Å². The number of hydrogen-bond donors (Lipinski definition) is 2. The van der Waals surface area contributed by atoms with Gasteiger partial charge >= 0.3 is 4.87 Å². The molecule has 2 N–H and O–H groups in total. The molecule has 0 fully saturated rings. The molecule has 1 amide bonds. The highest BCUT2D eigenvalue weighted by Gasteiger charge is 2.27.